The van der Waals surface area contributed by atoms with Crippen molar-refractivity contribution in [2.24, 2.45) is 0 Å². The molecule has 0 radical (unpaired) electrons. The Kier molecular flexibility index (Phi) is 9.43. The van der Waals surface area contributed by atoms with Gasteiger partial charge < -0.3 is 14.2 Å². The van der Waals surface area contributed by atoms with E-state index < -0.39 is 22.9 Å². The Morgan fingerprint density at radius 2 is 1.62 bits per heavy atom. The van der Waals surface area contributed by atoms with Gasteiger partial charge >= 0.3 is 6.18 Å². The van der Waals surface area contributed by atoms with Crippen molar-refractivity contribution in [3.63, 3.8) is 0 Å². The van der Waals surface area contributed by atoms with Crippen LogP contribution in [0.3, 0.4) is 0 Å². The summed E-state index contributed by atoms with van der Waals surface area (Å²) in [5.74, 6) is 0.802. The second-order valence-electron chi connectivity index (χ2n) is 11.1. The molecule has 232 valence electrons. The van der Waals surface area contributed by atoms with Crippen molar-refractivity contribution in [2.45, 2.75) is 58.7 Å². The van der Waals surface area contributed by atoms with E-state index in [1.54, 1.807) is 48.5 Å². The lowest BCUT2D eigenvalue weighted by atomic mass is 9.99. The summed E-state index contributed by atoms with van der Waals surface area (Å²) >= 11 is 0. The Labute approximate surface area is 260 Å². The fourth-order valence-electron chi connectivity index (χ4n) is 5.73. The van der Waals surface area contributed by atoms with Crippen LogP contribution in [-0.2, 0) is 25.6 Å². The SMILES string of the molecule is CCc1ccc(Cn2c(-c3ccc(Oc4cccc(C(=O)N5CCCCC5)c4)cc3)cc(C(F)(F)F)c(C#N)c2=O)c(CC)c1. The maximum atomic E-state index is 14.0. The molecule has 6 nitrogen and oxygen atoms in total. The molecule has 1 saturated heterocycles. The topological polar surface area (TPSA) is 75.3 Å². The third-order valence-corrected chi connectivity index (χ3v) is 8.22. The number of aromatic nitrogens is 1. The van der Waals surface area contributed by atoms with Gasteiger partial charge in [-0.15, -0.1) is 0 Å². The molecule has 2 heterocycles. The van der Waals surface area contributed by atoms with E-state index in [2.05, 4.69) is 0 Å². The first-order chi connectivity index (χ1) is 21.6. The molecule has 1 aromatic heterocycles. The van der Waals surface area contributed by atoms with E-state index in [1.807, 2.05) is 36.9 Å². The molecule has 4 aromatic rings. The van der Waals surface area contributed by atoms with Crippen molar-refractivity contribution in [1.82, 2.24) is 9.47 Å². The summed E-state index contributed by atoms with van der Waals surface area (Å²) < 4.78 is 49.4. The second-order valence-corrected chi connectivity index (χ2v) is 11.1. The Morgan fingerprint density at radius 3 is 2.27 bits per heavy atom. The number of hydrogen-bond donors (Lipinski definition) is 0. The van der Waals surface area contributed by atoms with Gasteiger partial charge in [-0.05, 0) is 103 Å². The molecule has 0 N–H and O–H groups in total. The van der Waals surface area contributed by atoms with Crippen LogP contribution in [-0.4, -0.2) is 28.5 Å². The standard InChI is InChI=1S/C36H34F3N3O3/c1-3-24-11-12-28(25(4-2)19-24)23-42-33(21-32(36(37,38)39)31(22-40)35(42)44)26-13-15-29(16-14-26)45-30-10-8-9-27(20-30)34(43)41-17-6-5-7-18-41/h8-16,19-21H,3-7,17-18,23H2,1-2H3. The highest BCUT2D eigenvalue weighted by molar-refractivity contribution is 5.94. The minimum atomic E-state index is -4.89. The Balaban J connectivity index is 1.50. The predicted molar refractivity (Wildman–Crippen MR) is 166 cm³/mol. The summed E-state index contributed by atoms with van der Waals surface area (Å²) in [7, 11) is 0. The largest absolute Gasteiger partial charge is 0.457 e. The summed E-state index contributed by atoms with van der Waals surface area (Å²) in [6.07, 6.45) is -0.311. The molecular weight excluding hydrogens is 579 g/mol. The number of nitriles is 1. The monoisotopic (exact) mass is 613 g/mol. The zero-order chi connectivity index (χ0) is 32.1. The number of aryl methyl sites for hydroxylation is 2. The molecule has 5 rings (SSSR count). The van der Waals surface area contributed by atoms with Crippen LogP contribution in [0.5, 0.6) is 11.5 Å². The number of piperidine rings is 1. The van der Waals surface area contributed by atoms with Crippen LogP contribution in [0.4, 0.5) is 13.2 Å². The van der Waals surface area contributed by atoms with Crippen molar-refractivity contribution in [3.05, 3.63) is 117 Å². The fraction of sp³-hybridized carbons (Fsp3) is 0.306. The molecule has 1 aliphatic rings. The molecular formula is C36H34F3N3O3. The summed E-state index contributed by atoms with van der Waals surface area (Å²) in [5, 5.41) is 9.58. The van der Waals surface area contributed by atoms with Gasteiger partial charge in [0.25, 0.3) is 11.5 Å². The van der Waals surface area contributed by atoms with Gasteiger partial charge in [0, 0.05) is 18.7 Å². The molecule has 0 bridgehead atoms. The van der Waals surface area contributed by atoms with Crippen LogP contribution in [0.25, 0.3) is 11.3 Å². The third-order valence-electron chi connectivity index (χ3n) is 8.22. The number of rotatable bonds is 8. The first-order valence-corrected chi connectivity index (χ1v) is 15.2. The Morgan fingerprint density at radius 1 is 0.889 bits per heavy atom. The number of hydrogen-bond acceptors (Lipinski definition) is 4. The Hall–Kier alpha value is -4.84. The van der Waals surface area contributed by atoms with Crippen LogP contribution >= 0.6 is 0 Å². The summed E-state index contributed by atoms with van der Waals surface area (Å²) in [4.78, 5) is 28.3. The van der Waals surface area contributed by atoms with Gasteiger partial charge in [-0.1, -0.05) is 38.1 Å². The van der Waals surface area contributed by atoms with Gasteiger partial charge in [0.2, 0.25) is 0 Å². The van der Waals surface area contributed by atoms with E-state index in [4.69, 9.17) is 4.74 Å². The van der Waals surface area contributed by atoms with E-state index in [-0.39, 0.29) is 18.1 Å². The molecule has 0 atom stereocenters. The quantitative estimate of drug-likeness (QED) is 0.202. The number of halogens is 3. The zero-order valence-corrected chi connectivity index (χ0v) is 25.3. The highest BCUT2D eigenvalue weighted by Gasteiger charge is 2.36. The maximum Gasteiger partial charge on any atom is 0.417 e. The van der Waals surface area contributed by atoms with Crippen LogP contribution in [0, 0.1) is 11.3 Å². The molecule has 9 heteroatoms. The predicted octanol–water partition coefficient (Wildman–Crippen LogP) is 8.00. The number of carbonyl (C=O) groups is 1. The van der Waals surface area contributed by atoms with Gasteiger partial charge in [-0.3, -0.25) is 9.59 Å². The summed E-state index contributed by atoms with van der Waals surface area (Å²) in [6, 6.07) is 21.5. The van der Waals surface area contributed by atoms with E-state index >= 15 is 0 Å². The van der Waals surface area contributed by atoms with Gasteiger partial charge in [-0.25, -0.2) is 0 Å². The molecule has 1 fully saturated rings. The number of ether oxygens (including phenoxy) is 1. The average Bonchev–Trinajstić information content (AvgIpc) is 3.05. The van der Waals surface area contributed by atoms with Crippen LogP contribution < -0.4 is 10.3 Å². The average molecular weight is 614 g/mol. The number of likely N-dealkylation sites (tertiary alicyclic amines) is 1. The molecule has 0 unspecified atom stereocenters. The van der Waals surface area contributed by atoms with E-state index in [0.717, 1.165) is 61.5 Å². The first kappa shape index (κ1) is 31.6. The highest BCUT2D eigenvalue weighted by atomic mass is 19.4. The van der Waals surface area contributed by atoms with Crippen molar-refractivity contribution in [1.29, 1.82) is 5.26 Å². The summed E-state index contributed by atoms with van der Waals surface area (Å²) in [5.41, 5.74) is 0.592. The maximum absolute atomic E-state index is 14.0. The normalized spacial score (nSPS) is 13.4. The lowest BCUT2D eigenvalue weighted by Crippen LogP contribution is -2.35. The lowest BCUT2D eigenvalue weighted by molar-refractivity contribution is -0.137. The molecule has 0 saturated carbocycles. The number of pyridine rings is 1. The number of amides is 1. The molecule has 45 heavy (non-hydrogen) atoms. The van der Waals surface area contributed by atoms with Crippen molar-refractivity contribution >= 4 is 5.91 Å². The molecule has 1 amide bonds. The van der Waals surface area contributed by atoms with Crippen LogP contribution in [0.15, 0.2) is 77.6 Å². The smallest absolute Gasteiger partial charge is 0.417 e. The third kappa shape index (κ3) is 6.96. The fourth-order valence-corrected chi connectivity index (χ4v) is 5.73. The van der Waals surface area contributed by atoms with Gasteiger partial charge in [0.1, 0.15) is 23.1 Å². The van der Waals surface area contributed by atoms with E-state index in [9.17, 15) is 28.0 Å². The Bertz CT molecular complexity index is 1800. The zero-order valence-electron chi connectivity index (χ0n) is 25.3. The number of carbonyl (C=O) groups excluding carboxylic acids is 1. The van der Waals surface area contributed by atoms with Crippen molar-refractivity contribution in [3.8, 4) is 28.8 Å². The van der Waals surface area contributed by atoms with Crippen LogP contribution in [0.1, 0.15) is 71.3 Å². The number of benzene rings is 3. The minimum absolute atomic E-state index is 0.00421. The van der Waals surface area contributed by atoms with E-state index in [0.29, 0.717) is 29.0 Å². The highest BCUT2D eigenvalue weighted by Crippen LogP contribution is 2.35. The first-order valence-electron chi connectivity index (χ1n) is 15.2. The minimum Gasteiger partial charge on any atom is -0.457 e. The van der Waals surface area contributed by atoms with Crippen LogP contribution in [0.2, 0.25) is 0 Å². The number of alkyl halides is 3. The van der Waals surface area contributed by atoms with Gasteiger partial charge in [-0.2, -0.15) is 18.4 Å². The summed E-state index contributed by atoms with van der Waals surface area (Å²) in [6.45, 7) is 5.47. The van der Waals surface area contributed by atoms with Crippen molar-refractivity contribution in [2.75, 3.05) is 13.1 Å². The van der Waals surface area contributed by atoms with Crippen molar-refractivity contribution < 1.29 is 22.7 Å². The lowest BCUT2D eigenvalue weighted by Gasteiger charge is -2.26. The molecule has 3 aromatic carbocycles. The van der Waals surface area contributed by atoms with E-state index in [1.165, 1.54) is 10.6 Å². The van der Waals surface area contributed by atoms with Gasteiger partial charge in [0.05, 0.1) is 17.8 Å². The van der Waals surface area contributed by atoms with Gasteiger partial charge in [0.15, 0.2) is 0 Å². The number of nitrogens with zero attached hydrogens (tertiary/aromatic N) is 3. The second kappa shape index (κ2) is 13.4. The molecule has 0 aliphatic carbocycles. The molecule has 0 spiro atoms. The molecule has 1 aliphatic heterocycles.